The third-order valence-electron chi connectivity index (χ3n) is 3.33. The molecule has 0 aliphatic rings. The number of hydrogen-bond donors (Lipinski definition) is 1. The molecule has 0 radical (unpaired) electrons. The molecule has 1 unspecified atom stereocenters. The van der Waals surface area contributed by atoms with E-state index < -0.39 is 0 Å². The summed E-state index contributed by atoms with van der Waals surface area (Å²) in [6.07, 6.45) is 1.11. The number of nitrogens with two attached hydrogens (primary N) is 1. The van der Waals surface area contributed by atoms with Crippen LogP contribution in [0.1, 0.15) is 25.8 Å². The molecule has 1 aromatic heterocycles. The molecule has 0 amide bonds. The molecule has 1 atom stereocenters. The molecular formula is C13H19N5. The highest BCUT2D eigenvalue weighted by Gasteiger charge is 2.13. The summed E-state index contributed by atoms with van der Waals surface area (Å²) in [5.41, 5.74) is 8.72. The largest absolute Gasteiger partial charge is 0.398 e. The first kappa shape index (κ1) is 12.5. The lowest BCUT2D eigenvalue weighted by molar-refractivity contribution is 0.434. The average Bonchev–Trinajstić information content (AvgIpc) is 2.80. The molecule has 96 valence electrons. The van der Waals surface area contributed by atoms with Crippen molar-refractivity contribution in [2.45, 2.75) is 33.7 Å². The van der Waals surface area contributed by atoms with Crippen LogP contribution in [-0.4, -0.2) is 20.2 Å². The van der Waals surface area contributed by atoms with E-state index in [1.807, 2.05) is 29.8 Å². The molecule has 2 rings (SSSR count). The number of rotatable bonds is 4. The van der Waals surface area contributed by atoms with Crippen LogP contribution in [0.4, 0.5) is 5.69 Å². The Hall–Kier alpha value is -1.91. The normalized spacial score (nSPS) is 12.6. The van der Waals surface area contributed by atoms with E-state index in [4.69, 9.17) is 5.73 Å². The molecule has 5 nitrogen and oxygen atoms in total. The van der Waals surface area contributed by atoms with Gasteiger partial charge in [0, 0.05) is 17.8 Å². The van der Waals surface area contributed by atoms with Crippen molar-refractivity contribution in [2.75, 3.05) is 5.73 Å². The Morgan fingerprint density at radius 2 is 2.17 bits per heavy atom. The zero-order valence-electron chi connectivity index (χ0n) is 11.1. The molecule has 2 aromatic rings. The standard InChI is InChI=1S/C13H19N5/c1-4-9(2)8-18-13(15-16-17-18)11-6-5-7-12(14)10(11)3/h5-7,9H,4,8,14H2,1-3H3. The molecule has 0 spiro atoms. The Balaban J connectivity index is 2.39. The highest BCUT2D eigenvalue weighted by molar-refractivity contribution is 5.67. The van der Waals surface area contributed by atoms with E-state index in [0.717, 1.165) is 35.6 Å². The minimum Gasteiger partial charge on any atom is -0.398 e. The summed E-state index contributed by atoms with van der Waals surface area (Å²) < 4.78 is 1.86. The van der Waals surface area contributed by atoms with E-state index in [1.54, 1.807) is 0 Å². The molecule has 0 aliphatic heterocycles. The van der Waals surface area contributed by atoms with Crippen LogP contribution in [0.15, 0.2) is 18.2 Å². The van der Waals surface area contributed by atoms with Crippen LogP contribution in [0, 0.1) is 12.8 Å². The van der Waals surface area contributed by atoms with Gasteiger partial charge in [0.05, 0.1) is 0 Å². The molecular weight excluding hydrogens is 226 g/mol. The monoisotopic (exact) mass is 245 g/mol. The Morgan fingerprint density at radius 3 is 2.89 bits per heavy atom. The summed E-state index contributed by atoms with van der Waals surface area (Å²) in [6, 6.07) is 5.83. The molecule has 2 N–H and O–H groups in total. The van der Waals surface area contributed by atoms with Crippen LogP contribution in [0.25, 0.3) is 11.4 Å². The Kier molecular flexibility index (Phi) is 3.60. The van der Waals surface area contributed by atoms with Gasteiger partial charge in [0.1, 0.15) is 0 Å². The van der Waals surface area contributed by atoms with Crippen molar-refractivity contribution in [3.05, 3.63) is 23.8 Å². The van der Waals surface area contributed by atoms with Crippen molar-refractivity contribution in [1.82, 2.24) is 20.2 Å². The third kappa shape index (κ3) is 2.34. The van der Waals surface area contributed by atoms with E-state index in [9.17, 15) is 0 Å². The lowest BCUT2D eigenvalue weighted by Gasteiger charge is -2.11. The zero-order valence-corrected chi connectivity index (χ0v) is 11.1. The first-order valence-electron chi connectivity index (χ1n) is 6.25. The zero-order chi connectivity index (χ0) is 13.1. The Bertz CT molecular complexity index is 532. The van der Waals surface area contributed by atoms with Crippen molar-refractivity contribution >= 4 is 5.69 Å². The number of nitrogen functional groups attached to an aromatic ring is 1. The van der Waals surface area contributed by atoms with Crippen LogP contribution in [0.2, 0.25) is 0 Å². The van der Waals surface area contributed by atoms with Crippen molar-refractivity contribution in [3.8, 4) is 11.4 Å². The maximum Gasteiger partial charge on any atom is 0.182 e. The Labute approximate surface area is 107 Å². The number of hydrogen-bond acceptors (Lipinski definition) is 4. The number of benzene rings is 1. The van der Waals surface area contributed by atoms with E-state index in [0.29, 0.717) is 5.92 Å². The lowest BCUT2D eigenvalue weighted by atomic mass is 10.1. The minimum atomic E-state index is 0.550. The first-order chi connectivity index (χ1) is 8.63. The minimum absolute atomic E-state index is 0.550. The van der Waals surface area contributed by atoms with Gasteiger partial charge in [0.15, 0.2) is 5.82 Å². The number of anilines is 1. The van der Waals surface area contributed by atoms with E-state index in [1.165, 1.54) is 0 Å². The molecule has 0 bridgehead atoms. The summed E-state index contributed by atoms with van der Waals surface area (Å²) in [5, 5.41) is 12.0. The quantitative estimate of drug-likeness (QED) is 0.839. The molecule has 0 fully saturated rings. The fourth-order valence-corrected chi connectivity index (χ4v) is 1.84. The number of aromatic nitrogens is 4. The van der Waals surface area contributed by atoms with Gasteiger partial charge in [-0.3, -0.25) is 0 Å². The molecule has 18 heavy (non-hydrogen) atoms. The third-order valence-corrected chi connectivity index (χ3v) is 3.33. The molecule has 1 aromatic carbocycles. The molecule has 0 aliphatic carbocycles. The first-order valence-corrected chi connectivity index (χ1v) is 6.25. The van der Waals surface area contributed by atoms with Crippen molar-refractivity contribution in [2.24, 2.45) is 5.92 Å². The van der Waals surface area contributed by atoms with Crippen LogP contribution < -0.4 is 5.73 Å². The van der Waals surface area contributed by atoms with Gasteiger partial charge in [-0.1, -0.05) is 32.4 Å². The van der Waals surface area contributed by atoms with Gasteiger partial charge in [-0.2, -0.15) is 0 Å². The molecule has 1 heterocycles. The summed E-state index contributed by atoms with van der Waals surface area (Å²) in [6.45, 7) is 7.18. The average molecular weight is 245 g/mol. The predicted octanol–water partition coefficient (Wildman–Crippen LogP) is 2.28. The summed E-state index contributed by atoms with van der Waals surface area (Å²) in [4.78, 5) is 0. The topological polar surface area (TPSA) is 69.6 Å². The van der Waals surface area contributed by atoms with Gasteiger partial charge in [-0.25, -0.2) is 4.68 Å². The second-order valence-electron chi connectivity index (χ2n) is 4.72. The second kappa shape index (κ2) is 5.16. The summed E-state index contributed by atoms with van der Waals surface area (Å²) in [7, 11) is 0. The van der Waals surface area contributed by atoms with Crippen LogP contribution >= 0.6 is 0 Å². The molecule has 5 heteroatoms. The summed E-state index contributed by atoms with van der Waals surface area (Å²) in [5.74, 6) is 1.34. The highest BCUT2D eigenvalue weighted by Crippen LogP contribution is 2.25. The molecule has 0 saturated carbocycles. The van der Waals surface area contributed by atoms with Crippen LogP contribution in [0.3, 0.4) is 0 Å². The van der Waals surface area contributed by atoms with E-state index >= 15 is 0 Å². The van der Waals surface area contributed by atoms with Gasteiger partial charge in [-0.15, -0.1) is 5.10 Å². The van der Waals surface area contributed by atoms with Gasteiger partial charge in [0.25, 0.3) is 0 Å². The van der Waals surface area contributed by atoms with Crippen LogP contribution in [0.5, 0.6) is 0 Å². The van der Waals surface area contributed by atoms with Crippen molar-refractivity contribution in [1.29, 1.82) is 0 Å². The fourth-order valence-electron chi connectivity index (χ4n) is 1.84. The second-order valence-corrected chi connectivity index (χ2v) is 4.72. The SMILES string of the molecule is CCC(C)Cn1nnnc1-c1cccc(N)c1C. The smallest absolute Gasteiger partial charge is 0.182 e. The van der Waals surface area contributed by atoms with Gasteiger partial charge < -0.3 is 5.73 Å². The van der Waals surface area contributed by atoms with Gasteiger partial charge in [-0.05, 0) is 34.9 Å². The van der Waals surface area contributed by atoms with Gasteiger partial charge >= 0.3 is 0 Å². The maximum atomic E-state index is 5.93. The lowest BCUT2D eigenvalue weighted by Crippen LogP contribution is -2.10. The Morgan fingerprint density at radius 1 is 1.39 bits per heavy atom. The fraction of sp³-hybridized carbons (Fsp3) is 0.462. The van der Waals surface area contributed by atoms with E-state index in [2.05, 4.69) is 29.4 Å². The highest BCUT2D eigenvalue weighted by atomic mass is 15.5. The maximum absolute atomic E-state index is 5.93. The van der Waals surface area contributed by atoms with Crippen molar-refractivity contribution < 1.29 is 0 Å². The predicted molar refractivity (Wildman–Crippen MR) is 71.9 cm³/mol. The van der Waals surface area contributed by atoms with Gasteiger partial charge in [0.2, 0.25) is 0 Å². The van der Waals surface area contributed by atoms with E-state index in [-0.39, 0.29) is 0 Å². The number of nitrogens with zero attached hydrogens (tertiary/aromatic N) is 4. The molecule has 0 saturated heterocycles. The number of tetrazole rings is 1. The van der Waals surface area contributed by atoms with Crippen LogP contribution in [-0.2, 0) is 6.54 Å². The van der Waals surface area contributed by atoms with Crippen molar-refractivity contribution in [3.63, 3.8) is 0 Å². The summed E-state index contributed by atoms with van der Waals surface area (Å²) >= 11 is 0.